The first kappa shape index (κ1) is 16.5. The first-order valence-corrected chi connectivity index (χ1v) is 7.32. The summed E-state index contributed by atoms with van der Waals surface area (Å²) < 4.78 is 4.93. The Morgan fingerprint density at radius 1 is 1.04 bits per heavy atom. The predicted octanol–water partition coefficient (Wildman–Crippen LogP) is 3.50. The van der Waals surface area contributed by atoms with Gasteiger partial charge in [0.25, 0.3) is 5.91 Å². The third-order valence-electron chi connectivity index (χ3n) is 3.44. The van der Waals surface area contributed by atoms with Crippen LogP contribution in [0.2, 0.25) is 0 Å². The zero-order chi connectivity index (χ0) is 16.7. The molecule has 0 aromatic heterocycles. The Hall–Kier alpha value is -2.88. The standard InChI is InChI=1S/C19H19NO3/c1-14-7-6-10-17(15(14)2)20-18(21)13-23-19(22)12-11-16-8-4-3-5-9-16/h3-12H,13H2,1-2H3,(H,20,21). The Morgan fingerprint density at radius 2 is 1.78 bits per heavy atom. The van der Waals surface area contributed by atoms with Gasteiger partial charge in [-0.2, -0.15) is 0 Å². The highest BCUT2D eigenvalue weighted by Gasteiger charge is 2.08. The summed E-state index contributed by atoms with van der Waals surface area (Å²) >= 11 is 0. The average molecular weight is 309 g/mol. The maximum Gasteiger partial charge on any atom is 0.331 e. The van der Waals surface area contributed by atoms with Gasteiger partial charge in [-0.15, -0.1) is 0 Å². The summed E-state index contributed by atoms with van der Waals surface area (Å²) in [6, 6.07) is 15.1. The molecule has 2 rings (SSSR count). The van der Waals surface area contributed by atoms with Gasteiger partial charge in [0.2, 0.25) is 0 Å². The smallest absolute Gasteiger partial charge is 0.331 e. The number of carbonyl (C=O) groups excluding carboxylic acids is 2. The van der Waals surface area contributed by atoms with Gasteiger partial charge in [0.15, 0.2) is 6.61 Å². The summed E-state index contributed by atoms with van der Waals surface area (Å²) in [6.45, 7) is 3.59. The van der Waals surface area contributed by atoms with Crippen molar-refractivity contribution in [3.8, 4) is 0 Å². The van der Waals surface area contributed by atoms with Gasteiger partial charge in [0.1, 0.15) is 0 Å². The van der Waals surface area contributed by atoms with Gasteiger partial charge in [-0.3, -0.25) is 4.79 Å². The van der Waals surface area contributed by atoms with Crippen molar-refractivity contribution >= 4 is 23.6 Å². The fourth-order valence-corrected chi connectivity index (χ4v) is 1.99. The molecule has 4 nitrogen and oxygen atoms in total. The fourth-order valence-electron chi connectivity index (χ4n) is 1.99. The Bertz CT molecular complexity index is 721. The van der Waals surface area contributed by atoms with Crippen LogP contribution in [0.4, 0.5) is 5.69 Å². The molecular formula is C19H19NO3. The molecule has 1 N–H and O–H groups in total. The van der Waals surface area contributed by atoms with E-state index in [4.69, 9.17) is 4.74 Å². The molecular weight excluding hydrogens is 290 g/mol. The summed E-state index contributed by atoms with van der Waals surface area (Å²) in [5.41, 5.74) is 3.71. The van der Waals surface area contributed by atoms with Crippen LogP contribution < -0.4 is 5.32 Å². The van der Waals surface area contributed by atoms with E-state index >= 15 is 0 Å². The van der Waals surface area contributed by atoms with E-state index in [9.17, 15) is 9.59 Å². The topological polar surface area (TPSA) is 55.4 Å². The number of carbonyl (C=O) groups is 2. The highest BCUT2D eigenvalue weighted by molar-refractivity contribution is 5.95. The average Bonchev–Trinajstić information content (AvgIpc) is 2.56. The minimum absolute atomic E-state index is 0.314. The van der Waals surface area contributed by atoms with Crippen LogP contribution in [0.5, 0.6) is 0 Å². The Kier molecular flexibility index (Phi) is 5.69. The molecule has 23 heavy (non-hydrogen) atoms. The van der Waals surface area contributed by atoms with Crippen LogP contribution in [0.1, 0.15) is 16.7 Å². The second-order valence-corrected chi connectivity index (χ2v) is 5.15. The molecule has 0 atom stereocenters. The van der Waals surface area contributed by atoms with Crippen LogP contribution in [0.15, 0.2) is 54.6 Å². The molecule has 2 aromatic rings. The van der Waals surface area contributed by atoms with Gasteiger partial charge in [0.05, 0.1) is 0 Å². The molecule has 0 spiro atoms. The molecule has 0 aliphatic carbocycles. The molecule has 0 fully saturated rings. The third kappa shape index (κ3) is 5.11. The number of esters is 1. The number of aryl methyl sites for hydroxylation is 1. The van der Waals surface area contributed by atoms with Gasteiger partial charge in [-0.1, -0.05) is 42.5 Å². The van der Waals surface area contributed by atoms with E-state index in [1.165, 1.54) is 6.08 Å². The molecule has 0 radical (unpaired) electrons. The number of hydrogen-bond donors (Lipinski definition) is 1. The number of nitrogens with one attached hydrogen (secondary N) is 1. The van der Waals surface area contributed by atoms with E-state index in [1.807, 2.05) is 62.4 Å². The summed E-state index contributed by atoms with van der Waals surface area (Å²) in [6.07, 6.45) is 2.95. The van der Waals surface area contributed by atoms with E-state index in [2.05, 4.69) is 5.32 Å². The van der Waals surface area contributed by atoms with Crippen LogP contribution in [-0.4, -0.2) is 18.5 Å². The zero-order valence-electron chi connectivity index (χ0n) is 13.2. The van der Waals surface area contributed by atoms with Crippen LogP contribution in [0.25, 0.3) is 6.08 Å². The van der Waals surface area contributed by atoms with Crippen molar-refractivity contribution in [1.82, 2.24) is 0 Å². The minimum Gasteiger partial charge on any atom is -0.452 e. The molecule has 0 aliphatic heterocycles. The van der Waals surface area contributed by atoms with Crippen LogP contribution in [-0.2, 0) is 14.3 Å². The molecule has 0 bridgehead atoms. The van der Waals surface area contributed by atoms with Crippen molar-refractivity contribution in [2.24, 2.45) is 0 Å². The SMILES string of the molecule is Cc1cccc(NC(=O)COC(=O)C=Cc2ccccc2)c1C. The number of benzene rings is 2. The van der Waals surface area contributed by atoms with E-state index < -0.39 is 5.97 Å². The molecule has 118 valence electrons. The van der Waals surface area contributed by atoms with Gasteiger partial charge in [0, 0.05) is 11.8 Å². The summed E-state index contributed by atoms with van der Waals surface area (Å²) in [5, 5.41) is 2.74. The maximum absolute atomic E-state index is 11.8. The fraction of sp³-hybridized carbons (Fsp3) is 0.158. The molecule has 0 unspecified atom stereocenters. The number of rotatable bonds is 5. The molecule has 0 saturated heterocycles. The first-order valence-electron chi connectivity index (χ1n) is 7.32. The summed E-state index contributed by atoms with van der Waals surface area (Å²) in [7, 11) is 0. The highest BCUT2D eigenvalue weighted by Crippen LogP contribution is 2.17. The van der Waals surface area contributed by atoms with Crippen molar-refractivity contribution in [2.45, 2.75) is 13.8 Å². The molecule has 4 heteroatoms. The summed E-state index contributed by atoms with van der Waals surface area (Å²) in [4.78, 5) is 23.4. The van der Waals surface area contributed by atoms with Crippen molar-refractivity contribution in [1.29, 1.82) is 0 Å². The van der Waals surface area contributed by atoms with E-state index in [0.717, 1.165) is 22.4 Å². The second-order valence-electron chi connectivity index (χ2n) is 5.15. The molecule has 2 aromatic carbocycles. The zero-order valence-corrected chi connectivity index (χ0v) is 13.2. The quantitative estimate of drug-likeness (QED) is 0.679. The maximum atomic E-state index is 11.8. The van der Waals surface area contributed by atoms with Gasteiger partial charge in [-0.25, -0.2) is 4.79 Å². The lowest BCUT2D eigenvalue weighted by molar-refractivity contribution is -0.142. The van der Waals surface area contributed by atoms with Crippen molar-refractivity contribution in [2.75, 3.05) is 11.9 Å². The Morgan fingerprint density at radius 3 is 2.52 bits per heavy atom. The number of anilines is 1. The Labute approximate surface area is 135 Å². The lowest BCUT2D eigenvalue weighted by Crippen LogP contribution is -2.20. The Balaban J connectivity index is 1.83. The van der Waals surface area contributed by atoms with Crippen molar-refractivity contribution in [3.05, 3.63) is 71.3 Å². The minimum atomic E-state index is -0.551. The molecule has 0 saturated carbocycles. The lowest BCUT2D eigenvalue weighted by atomic mass is 10.1. The van der Waals surface area contributed by atoms with E-state index in [-0.39, 0.29) is 12.5 Å². The van der Waals surface area contributed by atoms with Gasteiger partial charge >= 0.3 is 5.97 Å². The first-order chi connectivity index (χ1) is 11.1. The number of ether oxygens (including phenoxy) is 1. The number of amides is 1. The van der Waals surface area contributed by atoms with E-state index in [0.29, 0.717) is 0 Å². The second kappa shape index (κ2) is 7.94. The van der Waals surface area contributed by atoms with Gasteiger partial charge in [-0.05, 0) is 42.7 Å². The highest BCUT2D eigenvalue weighted by atomic mass is 16.5. The van der Waals surface area contributed by atoms with E-state index in [1.54, 1.807) is 6.08 Å². The third-order valence-corrected chi connectivity index (χ3v) is 3.44. The normalized spacial score (nSPS) is 10.5. The van der Waals surface area contributed by atoms with Crippen LogP contribution in [0.3, 0.4) is 0 Å². The van der Waals surface area contributed by atoms with Crippen molar-refractivity contribution in [3.63, 3.8) is 0 Å². The number of hydrogen-bond acceptors (Lipinski definition) is 3. The van der Waals surface area contributed by atoms with Crippen LogP contribution >= 0.6 is 0 Å². The molecule has 0 aliphatic rings. The largest absolute Gasteiger partial charge is 0.452 e. The monoisotopic (exact) mass is 309 g/mol. The molecule has 1 amide bonds. The van der Waals surface area contributed by atoms with Gasteiger partial charge < -0.3 is 10.1 Å². The van der Waals surface area contributed by atoms with Crippen LogP contribution in [0, 0.1) is 13.8 Å². The van der Waals surface area contributed by atoms with Crippen molar-refractivity contribution < 1.29 is 14.3 Å². The molecule has 0 heterocycles. The predicted molar refractivity (Wildman–Crippen MR) is 91.0 cm³/mol. The summed E-state index contributed by atoms with van der Waals surface area (Å²) in [5.74, 6) is -0.912. The lowest BCUT2D eigenvalue weighted by Gasteiger charge is -2.10.